The van der Waals surface area contributed by atoms with E-state index < -0.39 is 0 Å². The second kappa shape index (κ2) is 5.05. The van der Waals surface area contributed by atoms with Crippen molar-refractivity contribution in [2.24, 2.45) is 0 Å². The first-order chi connectivity index (χ1) is 7.78. The smallest absolute Gasteiger partial charge is 0.0681 e. The average Bonchev–Trinajstić information content (AvgIpc) is 2.30. The van der Waals surface area contributed by atoms with E-state index in [2.05, 4.69) is 0 Å². The molecule has 0 atom stereocenters. The van der Waals surface area contributed by atoms with Crippen LogP contribution in [0.2, 0.25) is 0 Å². The van der Waals surface area contributed by atoms with Crippen LogP contribution in [0, 0.1) is 0 Å². The van der Waals surface area contributed by atoms with E-state index in [0.29, 0.717) is 0 Å². The number of aliphatic hydroxyl groups excluding tert-OH is 1. The number of nitrogen functional groups attached to an aromatic ring is 1. The predicted molar refractivity (Wildman–Crippen MR) is 67.3 cm³/mol. The van der Waals surface area contributed by atoms with E-state index in [-0.39, 0.29) is 6.61 Å². The molecule has 0 radical (unpaired) electrons. The molecule has 0 saturated carbocycles. The van der Waals surface area contributed by atoms with Crippen LogP contribution in [0.5, 0.6) is 0 Å². The molecule has 0 bridgehead atoms. The van der Waals surface area contributed by atoms with Crippen LogP contribution in [0.3, 0.4) is 0 Å². The molecule has 2 aromatic rings. The van der Waals surface area contributed by atoms with Gasteiger partial charge in [0.1, 0.15) is 0 Å². The monoisotopic (exact) mass is 231 g/mol. The van der Waals surface area contributed by atoms with Crippen molar-refractivity contribution in [2.75, 3.05) is 5.73 Å². The van der Waals surface area contributed by atoms with Crippen LogP contribution < -0.4 is 5.73 Å². The van der Waals surface area contributed by atoms with Crippen molar-refractivity contribution in [2.45, 2.75) is 16.4 Å². The summed E-state index contributed by atoms with van der Waals surface area (Å²) >= 11 is 1.66. The van der Waals surface area contributed by atoms with Crippen LogP contribution in [0.25, 0.3) is 0 Å². The Labute approximate surface area is 99.1 Å². The van der Waals surface area contributed by atoms with Gasteiger partial charge >= 0.3 is 0 Å². The molecule has 16 heavy (non-hydrogen) atoms. The van der Waals surface area contributed by atoms with Gasteiger partial charge in [-0.05, 0) is 35.9 Å². The summed E-state index contributed by atoms with van der Waals surface area (Å²) in [6.45, 7) is 0.0865. The Morgan fingerprint density at radius 2 is 1.75 bits per heavy atom. The summed E-state index contributed by atoms with van der Waals surface area (Å²) in [7, 11) is 0. The summed E-state index contributed by atoms with van der Waals surface area (Å²) in [5, 5.41) is 8.93. The van der Waals surface area contributed by atoms with E-state index in [1.807, 2.05) is 48.5 Å². The Kier molecular flexibility index (Phi) is 3.49. The second-order valence-electron chi connectivity index (χ2n) is 3.48. The number of hydrogen-bond acceptors (Lipinski definition) is 3. The Hall–Kier alpha value is -1.45. The van der Waals surface area contributed by atoms with Gasteiger partial charge in [-0.1, -0.05) is 30.0 Å². The van der Waals surface area contributed by atoms with E-state index in [1.165, 1.54) is 0 Å². The maximum Gasteiger partial charge on any atom is 0.0681 e. The number of rotatable bonds is 3. The molecule has 0 heterocycles. The van der Waals surface area contributed by atoms with Gasteiger partial charge in [0.05, 0.1) is 6.61 Å². The zero-order chi connectivity index (χ0) is 11.4. The van der Waals surface area contributed by atoms with Crippen molar-refractivity contribution in [3.63, 3.8) is 0 Å². The minimum absolute atomic E-state index is 0.0865. The lowest BCUT2D eigenvalue weighted by molar-refractivity contribution is 0.282. The summed E-state index contributed by atoms with van der Waals surface area (Å²) in [5.41, 5.74) is 7.41. The lowest BCUT2D eigenvalue weighted by Gasteiger charge is -2.03. The van der Waals surface area contributed by atoms with E-state index in [1.54, 1.807) is 11.8 Å². The van der Waals surface area contributed by atoms with Gasteiger partial charge in [-0.15, -0.1) is 0 Å². The molecule has 0 fully saturated rings. The average molecular weight is 231 g/mol. The third-order valence-corrected chi connectivity index (χ3v) is 3.20. The van der Waals surface area contributed by atoms with Crippen molar-refractivity contribution in [3.8, 4) is 0 Å². The second-order valence-corrected chi connectivity index (χ2v) is 4.62. The molecule has 0 aliphatic rings. The minimum Gasteiger partial charge on any atom is -0.399 e. The summed E-state index contributed by atoms with van der Waals surface area (Å²) in [6, 6.07) is 15.6. The molecule has 2 nitrogen and oxygen atoms in total. The molecule has 0 unspecified atom stereocenters. The van der Waals surface area contributed by atoms with Gasteiger partial charge in [-0.25, -0.2) is 0 Å². The SMILES string of the molecule is Nc1cccc(Sc2ccc(CO)cc2)c1. The fraction of sp³-hybridized carbons (Fsp3) is 0.0769. The number of benzene rings is 2. The maximum absolute atomic E-state index is 8.93. The Bertz CT molecular complexity index is 468. The number of anilines is 1. The summed E-state index contributed by atoms with van der Waals surface area (Å²) in [4.78, 5) is 2.26. The fourth-order valence-electron chi connectivity index (χ4n) is 1.38. The third-order valence-electron chi connectivity index (χ3n) is 2.20. The van der Waals surface area contributed by atoms with Crippen molar-refractivity contribution < 1.29 is 5.11 Å². The van der Waals surface area contributed by atoms with Crippen LogP contribution in [0.4, 0.5) is 5.69 Å². The maximum atomic E-state index is 8.93. The van der Waals surface area contributed by atoms with Crippen molar-refractivity contribution in [1.82, 2.24) is 0 Å². The van der Waals surface area contributed by atoms with Gasteiger partial charge in [-0.3, -0.25) is 0 Å². The highest BCUT2D eigenvalue weighted by Crippen LogP contribution is 2.28. The Morgan fingerprint density at radius 3 is 2.38 bits per heavy atom. The molecule has 0 amide bonds. The van der Waals surface area contributed by atoms with E-state index in [4.69, 9.17) is 10.8 Å². The highest BCUT2D eigenvalue weighted by atomic mass is 32.2. The van der Waals surface area contributed by atoms with Crippen LogP contribution in [-0.4, -0.2) is 5.11 Å². The minimum atomic E-state index is 0.0865. The zero-order valence-electron chi connectivity index (χ0n) is 8.76. The van der Waals surface area contributed by atoms with Crippen molar-refractivity contribution in [3.05, 3.63) is 54.1 Å². The molecule has 2 aromatic carbocycles. The zero-order valence-corrected chi connectivity index (χ0v) is 9.58. The van der Waals surface area contributed by atoms with Gasteiger partial charge < -0.3 is 10.8 Å². The van der Waals surface area contributed by atoms with Crippen LogP contribution in [0.1, 0.15) is 5.56 Å². The van der Waals surface area contributed by atoms with Crippen molar-refractivity contribution >= 4 is 17.4 Å². The lowest BCUT2D eigenvalue weighted by Crippen LogP contribution is -1.84. The van der Waals surface area contributed by atoms with Crippen LogP contribution in [-0.2, 0) is 6.61 Å². The van der Waals surface area contributed by atoms with Crippen LogP contribution >= 0.6 is 11.8 Å². The highest BCUT2D eigenvalue weighted by Gasteiger charge is 1.98. The highest BCUT2D eigenvalue weighted by molar-refractivity contribution is 7.99. The van der Waals surface area contributed by atoms with E-state index in [9.17, 15) is 0 Å². The van der Waals surface area contributed by atoms with Gasteiger partial charge in [0.2, 0.25) is 0 Å². The summed E-state index contributed by atoms with van der Waals surface area (Å²) in [6.07, 6.45) is 0. The Morgan fingerprint density at radius 1 is 1.00 bits per heavy atom. The number of aliphatic hydroxyl groups is 1. The topological polar surface area (TPSA) is 46.2 Å². The molecule has 82 valence electrons. The normalized spacial score (nSPS) is 10.3. The molecular formula is C13H13NOS. The largest absolute Gasteiger partial charge is 0.399 e. The molecule has 0 saturated heterocycles. The summed E-state index contributed by atoms with van der Waals surface area (Å²) in [5.74, 6) is 0. The standard InChI is InChI=1S/C13H13NOS/c14-11-2-1-3-13(8-11)16-12-6-4-10(9-15)5-7-12/h1-8,15H,9,14H2. The first-order valence-corrected chi connectivity index (χ1v) is 5.83. The van der Waals surface area contributed by atoms with Crippen molar-refractivity contribution in [1.29, 1.82) is 0 Å². The Balaban J connectivity index is 2.14. The first kappa shape index (κ1) is 11.0. The molecular weight excluding hydrogens is 218 g/mol. The molecule has 3 heteroatoms. The quantitative estimate of drug-likeness (QED) is 0.798. The van der Waals surface area contributed by atoms with Crippen LogP contribution in [0.15, 0.2) is 58.3 Å². The number of nitrogens with two attached hydrogens (primary N) is 1. The van der Waals surface area contributed by atoms with E-state index in [0.717, 1.165) is 21.0 Å². The number of hydrogen-bond donors (Lipinski definition) is 2. The van der Waals surface area contributed by atoms with Gasteiger partial charge in [-0.2, -0.15) is 0 Å². The molecule has 0 aromatic heterocycles. The summed E-state index contributed by atoms with van der Waals surface area (Å²) < 4.78 is 0. The molecule has 0 spiro atoms. The predicted octanol–water partition coefficient (Wildman–Crippen LogP) is 2.91. The molecule has 0 aliphatic heterocycles. The molecule has 0 aliphatic carbocycles. The molecule has 2 rings (SSSR count). The first-order valence-electron chi connectivity index (χ1n) is 5.01. The van der Waals surface area contributed by atoms with E-state index >= 15 is 0 Å². The van der Waals surface area contributed by atoms with Gasteiger partial charge in [0.15, 0.2) is 0 Å². The molecule has 3 N–H and O–H groups in total. The lowest BCUT2D eigenvalue weighted by atomic mass is 10.2. The third kappa shape index (κ3) is 2.78. The van der Waals surface area contributed by atoms with Gasteiger partial charge in [0.25, 0.3) is 0 Å². The van der Waals surface area contributed by atoms with Gasteiger partial charge in [0, 0.05) is 15.5 Å². The fourth-order valence-corrected chi connectivity index (χ4v) is 2.26.